The predicted octanol–water partition coefficient (Wildman–Crippen LogP) is 0.970. The van der Waals surface area contributed by atoms with E-state index in [-0.39, 0.29) is 18.1 Å². The molecular formula is C11H15FN2O2. The molecule has 16 heavy (non-hydrogen) atoms. The standard InChI is InChI=1S/C11H15FN2O2/c1-14(2)13-11(15)7-8-4-5-10(16-3)9(12)6-8/h4-6H,7H2,1-3H3,(H,13,15). The van der Waals surface area contributed by atoms with E-state index < -0.39 is 5.82 Å². The van der Waals surface area contributed by atoms with E-state index in [0.717, 1.165) is 0 Å². The van der Waals surface area contributed by atoms with E-state index in [9.17, 15) is 9.18 Å². The molecule has 0 radical (unpaired) electrons. The number of nitrogens with zero attached hydrogens (tertiary/aromatic N) is 1. The van der Waals surface area contributed by atoms with Crippen molar-refractivity contribution in [3.63, 3.8) is 0 Å². The zero-order valence-electron chi connectivity index (χ0n) is 9.58. The summed E-state index contributed by atoms with van der Waals surface area (Å²) in [7, 11) is 4.83. The van der Waals surface area contributed by atoms with Gasteiger partial charge in [0.2, 0.25) is 5.91 Å². The zero-order valence-corrected chi connectivity index (χ0v) is 9.58. The predicted molar refractivity (Wildman–Crippen MR) is 58.5 cm³/mol. The summed E-state index contributed by atoms with van der Waals surface area (Å²) in [6.07, 6.45) is 0.138. The van der Waals surface area contributed by atoms with Crippen molar-refractivity contribution in [2.24, 2.45) is 0 Å². The molecule has 88 valence electrons. The topological polar surface area (TPSA) is 41.6 Å². The summed E-state index contributed by atoms with van der Waals surface area (Å²) in [5.41, 5.74) is 3.19. The molecule has 0 atom stereocenters. The van der Waals surface area contributed by atoms with E-state index in [0.29, 0.717) is 5.56 Å². The third-order valence-corrected chi connectivity index (χ3v) is 1.93. The van der Waals surface area contributed by atoms with Crippen molar-refractivity contribution >= 4 is 5.91 Å². The fraction of sp³-hybridized carbons (Fsp3) is 0.364. The first kappa shape index (κ1) is 12.4. The van der Waals surface area contributed by atoms with Crippen LogP contribution in [0.15, 0.2) is 18.2 Å². The Kier molecular flexibility index (Phi) is 4.25. The smallest absolute Gasteiger partial charge is 0.238 e. The van der Waals surface area contributed by atoms with Gasteiger partial charge in [-0.25, -0.2) is 9.40 Å². The lowest BCUT2D eigenvalue weighted by Crippen LogP contribution is -2.37. The molecule has 0 saturated carbocycles. The fourth-order valence-corrected chi connectivity index (χ4v) is 1.29. The number of hydrogen-bond donors (Lipinski definition) is 1. The van der Waals surface area contributed by atoms with Crippen LogP contribution in [0.1, 0.15) is 5.56 Å². The third kappa shape index (κ3) is 3.51. The monoisotopic (exact) mass is 226 g/mol. The van der Waals surface area contributed by atoms with Crippen molar-refractivity contribution in [2.75, 3.05) is 21.2 Å². The van der Waals surface area contributed by atoms with Gasteiger partial charge in [-0.05, 0) is 17.7 Å². The molecule has 5 heteroatoms. The first-order valence-corrected chi connectivity index (χ1v) is 4.82. The molecule has 1 rings (SSSR count). The highest BCUT2D eigenvalue weighted by atomic mass is 19.1. The van der Waals surface area contributed by atoms with Crippen molar-refractivity contribution in [3.8, 4) is 5.75 Å². The molecule has 4 nitrogen and oxygen atoms in total. The van der Waals surface area contributed by atoms with Crippen LogP contribution in [0.2, 0.25) is 0 Å². The van der Waals surface area contributed by atoms with Crippen LogP contribution in [0, 0.1) is 5.82 Å². The number of carbonyl (C=O) groups is 1. The third-order valence-electron chi connectivity index (χ3n) is 1.93. The lowest BCUT2D eigenvalue weighted by atomic mass is 10.1. The summed E-state index contributed by atoms with van der Waals surface area (Å²) in [6.45, 7) is 0. The first-order chi connectivity index (χ1) is 7.52. The van der Waals surface area contributed by atoms with Crippen LogP contribution in [0.4, 0.5) is 4.39 Å². The van der Waals surface area contributed by atoms with Gasteiger partial charge in [0.05, 0.1) is 13.5 Å². The minimum Gasteiger partial charge on any atom is -0.494 e. The number of amides is 1. The second-order valence-corrected chi connectivity index (χ2v) is 3.58. The van der Waals surface area contributed by atoms with Crippen molar-refractivity contribution in [2.45, 2.75) is 6.42 Å². The number of ether oxygens (including phenoxy) is 1. The second-order valence-electron chi connectivity index (χ2n) is 3.58. The molecule has 1 N–H and O–H groups in total. The van der Waals surface area contributed by atoms with E-state index in [2.05, 4.69) is 5.43 Å². The SMILES string of the molecule is COc1ccc(CC(=O)NN(C)C)cc1F. The molecule has 0 saturated heterocycles. The highest BCUT2D eigenvalue weighted by Gasteiger charge is 2.07. The van der Waals surface area contributed by atoms with E-state index in [1.54, 1.807) is 25.2 Å². The number of nitrogens with one attached hydrogen (secondary N) is 1. The molecule has 0 bridgehead atoms. The highest BCUT2D eigenvalue weighted by Crippen LogP contribution is 2.17. The van der Waals surface area contributed by atoms with Crippen LogP contribution in [-0.2, 0) is 11.2 Å². The first-order valence-electron chi connectivity index (χ1n) is 4.82. The molecule has 1 aromatic carbocycles. The van der Waals surface area contributed by atoms with Crippen molar-refractivity contribution in [1.29, 1.82) is 0 Å². The van der Waals surface area contributed by atoms with Gasteiger partial charge in [-0.3, -0.25) is 10.2 Å². The summed E-state index contributed by atoms with van der Waals surface area (Å²) >= 11 is 0. The van der Waals surface area contributed by atoms with Crippen LogP contribution >= 0.6 is 0 Å². The Hall–Kier alpha value is -1.62. The summed E-state index contributed by atoms with van der Waals surface area (Å²) in [4.78, 5) is 11.4. The van der Waals surface area contributed by atoms with Crippen LogP contribution in [-0.4, -0.2) is 32.1 Å². The van der Waals surface area contributed by atoms with E-state index >= 15 is 0 Å². The number of benzene rings is 1. The van der Waals surface area contributed by atoms with E-state index in [1.807, 2.05) is 0 Å². The molecule has 1 amide bonds. The number of methoxy groups -OCH3 is 1. The number of hydrazine groups is 1. The van der Waals surface area contributed by atoms with Crippen molar-refractivity contribution in [3.05, 3.63) is 29.6 Å². The van der Waals surface area contributed by atoms with Crippen LogP contribution in [0.3, 0.4) is 0 Å². The summed E-state index contributed by atoms with van der Waals surface area (Å²) in [5.74, 6) is -0.469. The van der Waals surface area contributed by atoms with Gasteiger partial charge in [-0.15, -0.1) is 0 Å². The molecule has 0 aliphatic carbocycles. The average molecular weight is 226 g/mol. The normalized spacial score (nSPS) is 10.3. The van der Waals surface area contributed by atoms with Crippen LogP contribution < -0.4 is 10.2 Å². The molecule has 0 fully saturated rings. The second kappa shape index (κ2) is 5.46. The minimum atomic E-state index is -0.461. The highest BCUT2D eigenvalue weighted by molar-refractivity contribution is 5.78. The van der Waals surface area contributed by atoms with E-state index in [4.69, 9.17) is 4.74 Å². The molecular weight excluding hydrogens is 211 g/mol. The van der Waals surface area contributed by atoms with Crippen LogP contribution in [0.25, 0.3) is 0 Å². The number of carbonyl (C=O) groups excluding carboxylic acids is 1. The number of hydrogen-bond acceptors (Lipinski definition) is 3. The summed E-state index contributed by atoms with van der Waals surface area (Å²) < 4.78 is 18.1. The Balaban J connectivity index is 2.68. The van der Waals surface area contributed by atoms with Gasteiger partial charge in [0.25, 0.3) is 0 Å². The Bertz CT molecular complexity index is 380. The van der Waals surface area contributed by atoms with Crippen LogP contribution in [0.5, 0.6) is 5.75 Å². The Morgan fingerprint density at radius 3 is 2.69 bits per heavy atom. The number of halogens is 1. The summed E-state index contributed by atoms with van der Waals surface area (Å²) in [5, 5.41) is 1.54. The van der Waals surface area contributed by atoms with Gasteiger partial charge < -0.3 is 4.74 Å². The molecule has 0 heterocycles. The van der Waals surface area contributed by atoms with Crippen molar-refractivity contribution < 1.29 is 13.9 Å². The average Bonchev–Trinajstić information content (AvgIpc) is 2.16. The Morgan fingerprint density at radius 1 is 1.50 bits per heavy atom. The lowest BCUT2D eigenvalue weighted by molar-refractivity contribution is -0.124. The Morgan fingerprint density at radius 2 is 2.19 bits per heavy atom. The van der Waals surface area contributed by atoms with Gasteiger partial charge in [-0.2, -0.15) is 0 Å². The summed E-state index contributed by atoms with van der Waals surface area (Å²) in [6, 6.07) is 4.47. The zero-order chi connectivity index (χ0) is 12.1. The van der Waals surface area contributed by atoms with E-state index in [1.165, 1.54) is 19.2 Å². The largest absolute Gasteiger partial charge is 0.494 e. The van der Waals surface area contributed by atoms with Gasteiger partial charge in [0.15, 0.2) is 11.6 Å². The number of rotatable bonds is 4. The Labute approximate surface area is 94.0 Å². The van der Waals surface area contributed by atoms with Gasteiger partial charge in [-0.1, -0.05) is 6.07 Å². The molecule has 0 aliphatic heterocycles. The van der Waals surface area contributed by atoms with Crippen molar-refractivity contribution in [1.82, 2.24) is 10.4 Å². The fourth-order valence-electron chi connectivity index (χ4n) is 1.29. The quantitative estimate of drug-likeness (QED) is 0.778. The maximum absolute atomic E-state index is 13.3. The maximum atomic E-state index is 13.3. The molecule has 0 unspecified atom stereocenters. The maximum Gasteiger partial charge on any atom is 0.238 e. The molecule has 0 aliphatic rings. The van der Waals surface area contributed by atoms with Gasteiger partial charge >= 0.3 is 0 Å². The molecule has 1 aromatic rings. The van der Waals surface area contributed by atoms with Gasteiger partial charge in [0.1, 0.15) is 0 Å². The minimum absolute atomic E-state index is 0.138. The lowest BCUT2D eigenvalue weighted by Gasteiger charge is -2.11. The molecule has 0 spiro atoms. The van der Waals surface area contributed by atoms with Gasteiger partial charge in [0, 0.05) is 14.1 Å². The molecule has 0 aromatic heterocycles.